The van der Waals surface area contributed by atoms with Gasteiger partial charge in [-0.1, -0.05) is 0 Å². The lowest BCUT2D eigenvalue weighted by Crippen LogP contribution is -2.16. The molecular weight excluding hydrogens is 204 g/mol. The van der Waals surface area contributed by atoms with Gasteiger partial charge in [0.2, 0.25) is 11.8 Å². The SMILES string of the molecule is Cc1nnc(CC2CSCCS2)o1. The topological polar surface area (TPSA) is 38.9 Å². The highest BCUT2D eigenvalue weighted by molar-refractivity contribution is 8.06. The van der Waals surface area contributed by atoms with Crippen LogP contribution in [0, 0.1) is 6.92 Å². The minimum absolute atomic E-state index is 0.665. The summed E-state index contributed by atoms with van der Waals surface area (Å²) in [5.74, 6) is 5.21. The Morgan fingerprint density at radius 3 is 3.00 bits per heavy atom. The summed E-state index contributed by atoms with van der Waals surface area (Å²) in [5.41, 5.74) is 0. The Morgan fingerprint density at radius 2 is 2.38 bits per heavy atom. The van der Waals surface area contributed by atoms with Crippen LogP contribution in [0.2, 0.25) is 0 Å². The van der Waals surface area contributed by atoms with Crippen molar-refractivity contribution in [1.29, 1.82) is 0 Å². The second-order valence-electron chi connectivity index (χ2n) is 2.99. The molecule has 0 aliphatic carbocycles. The molecule has 0 N–H and O–H groups in total. The van der Waals surface area contributed by atoms with Crippen molar-refractivity contribution in [2.45, 2.75) is 18.6 Å². The molecule has 2 heterocycles. The smallest absolute Gasteiger partial charge is 0.217 e. The van der Waals surface area contributed by atoms with E-state index in [2.05, 4.69) is 10.2 Å². The number of hydrogen-bond donors (Lipinski definition) is 0. The zero-order valence-electron chi connectivity index (χ0n) is 7.52. The first kappa shape index (κ1) is 9.40. The fourth-order valence-electron chi connectivity index (χ4n) is 1.27. The van der Waals surface area contributed by atoms with E-state index in [1.807, 2.05) is 30.4 Å². The van der Waals surface area contributed by atoms with Crippen LogP contribution in [0.1, 0.15) is 11.8 Å². The first-order chi connectivity index (χ1) is 6.34. The maximum absolute atomic E-state index is 5.34. The van der Waals surface area contributed by atoms with Gasteiger partial charge < -0.3 is 4.42 Å². The van der Waals surface area contributed by atoms with Gasteiger partial charge >= 0.3 is 0 Å². The van der Waals surface area contributed by atoms with Gasteiger partial charge in [-0.05, 0) is 0 Å². The lowest BCUT2D eigenvalue weighted by Gasteiger charge is -2.18. The fraction of sp³-hybridized carbons (Fsp3) is 0.750. The number of hydrogen-bond acceptors (Lipinski definition) is 5. The van der Waals surface area contributed by atoms with Crippen molar-refractivity contribution in [3.05, 3.63) is 11.8 Å². The van der Waals surface area contributed by atoms with E-state index >= 15 is 0 Å². The molecule has 0 bridgehead atoms. The second kappa shape index (κ2) is 4.37. The summed E-state index contributed by atoms with van der Waals surface area (Å²) in [6.45, 7) is 1.83. The summed E-state index contributed by atoms with van der Waals surface area (Å²) >= 11 is 4.04. The van der Waals surface area contributed by atoms with Crippen LogP contribution < -0.4 is 0 Å². The Kier molecular flexibility index (Phi) is 3.16. The van der Waals surface area contributed by atoms with E-state index in [0.29, 0.717) is 11.1 Å². The Balaban J connectivity index is 1.89. The van der Waals surface area contributed by atoms with Gasteiger partial charge in [-0.3, -0.25) is 0 Å². The second-order valence-corrected chi connectivity index (χ2v) is 5.54. The lowest BCUT2D eigenvalue weighted by atomic mass is 10.3. The van der Waals surface area contributed by atoms with Crippen LogP contribution in [-0.2, 0) is 6.42 Å². The molecule has 0 amide bonds. The van der Waals surface area contributed by atoms with Crippen LogP contribution in [0.4, 0.5) is 0 Å². The molecule has 13 heavy (non-hydrogen) atoms. The predicted molar refractivity (Wildman–Crippen MR) is 56.3 cm³/mol. The van der Waals surface area contributed by atoms with Crippen molar-refractivity contribution in [3.8, 4) is 0 Å². The monoisotopic (exact) mass is 216 g/mol. The molecule has 5 heteroatoms. The third-order valence-corrected chi connectivity index (χ3v) is 4.70. The zero-order chi connectivity index (χ0) is 9.10. The maximum atomic E-state index is 5.34. The number of nitrogens with zero attached hydrogens (tertiary/aromatic N) is 2. The first-order valence-electron chi connectivity index (χ1n) is 4.33. The molecule has 72 valence electrons. The summed E-state index contributed by atoms with van der Waals surface area (Å²) in [7, 11) is 0. The van der Waals surface area contributed by atoms with Crippen molar-refractivity contribution in [1.82, 2.24) is 10.2 Å². The van der Waals surface area contributed by atoms with E-state index < -0.39 is 0 Å². The molecule has 1 unspecified atom stereocenters. The van der Waals surface area contributed by atoms with E-state index in [1.54, 1.807) is 0 Å². The van der Waals surface area contributed by atoms with Crippen molar-refractivity contribution in [2.24, 2.45) is 0 Å². The molecule has 2 rings (SSSR count). The average Bonchev–Trinajstić information content (AvgIpc) is 2.53. The predicted octanol–water partition coefficient (Wildman–Crippen LogP) is 1.77. The molecular formula is C8H12N2OS2. The van der Waals surface area contributed by atoms with Crippen molar-refractivity contribution < 1.29 is 4.42 Å². The quantitative estimate of drug-likeness (QED) is 0.753. The highest BCUT2D eigenvalue weighted by atomic mass is 32.2. The number of thioether (sulfide) groups is 2. The molecule has 3 nitrogen and oxygen atoms in total. The van der Waals surface area contributed by atoms with Crippen LogP contribution in [0.5, 0.6) is 0 Å². The van der Waals surface area contributed by atoms with E-state index in [-0.39, 0.29) is 0 Å². The lowest BCUT2D eigenvalue weighted by molar-refractivity contribution is 0.467. The molecule has 1 aromatic heterocycles. The molecule has 0 spiro atoms. The molecule has 0 radical (unpaired) electrons. The van der Waals surface area contributed by atoms with Crippen LogP contribution in [0.3, 0.4) is 0 Å². The summed E-state index contributed by atoms with van der Waals surface area (Å²) in [5, 5.41) is 8.49. The highest BCUT2D eigenvalue weighted by Crippen LogP contribution is 2.26. The molecule has 1 saturated heterocycles. The Bertz CT molecular complexity index is 271. The molecule has 0 saturated carbocycles. The third kappa shape index (κ3) is 2.64. The molecule has 0 aromatic carbocycles. The molecule has 1 aliphatic rings. The summed E-state index contributed by atoms with van der Waals surface area (Å²) in [6.07, 6.45) is 0.929. The first-order valence-corrected chi connectivity index (χ1v) is 6.53. The fourth-order valence-corrected chi connectivity index (χ4v) is 3.94. The molecule has 1 aromatic rings. The minimum atomic E-state index is 0.665. The zero-order valence-corrected chi connectivity index (χ0v) is 9.16. The number of rotatable bonds is 2. The molecule has 1 fully saturated rings. The summed E-state index contributed by atoms with van der Waals surface area (Å²) in [6, 6.07) is 0. The Morgan fingerprint density at radius 1 is 1.46 bits per heavy atom. The van der Waals surface area contributed by atoms with Gasteiger partial charge in [0.15, 0.2) is 0 Å². The van der Waals surface area contributed by atoms with Crippen LogP contribution >= 0.6 is 23.5 Å². The van der Waals surface area contributed by atoms with Gasteiger partial charge in [0, 0.05) is 35.9 Å². The number of aryl methyl sites for hydroxylation is 1. The van der Waals surface area contributed by atoms with Gasteiger partial charge in [0.1, 0.15) is 0 Å². The number of aromatic nitrogens is 2. The van der Waals surface area contributed by atoms with Crippen LogP contribution in [0.25, 0.3) is 0 Å². The third-order valence-electron chi connectivity index (χ3n) is 1.86. The van der Waals surface area contributed by atoms with Crippen LogP contribution in [0.15, 0.2) is 4.42 Å². The van der Waals surface area contributed by atoms with Gasteiger partial charge in [-0.15, -0.1) is 10.2 Å². The molecule has 1 aliphatic heterocycles. The Hall–Kier alpha value is -0.160. The van der Waals surface area contributed by atoms with E-state index in [9.17, 15) is 0 Å². The van der Waals surface area contributed by atoms with Crippen molar-refractivity contribution in [2.75, 3.05) is 17.3 Å². The molecule has 1 atom stereocenters. The highest BCUT2D eigenvalue weighted by Gasteiger charge is 2.17. The minimum Gasteiger partial charge on any atom is -0.426 e. The van der Waals surface area contributed by atoms with Gasteiger partial charge in [-0.2, -0.15) is 23.5 Å². The van der Waals surface area contributed by atoms with E-state index in [0.717, 1.165) is 12.3 Å². The Labute approximate surface area is 86.1 Å². The van der Waals surface area contributed by atoms with E-state index in [4.69, 9.17) is 4.42 Å². The van der Waals surface area contributed by atoms with Gasteiger partial charge in [-0.25, -0.2) is 0 Å². The summed E-state index contributed by atoms with van der Waals surface area (Å²) < 4.78 is 5.34. The van der Waals surface area contributed by atoms with Crippen LogP contribution in [-0.4, -0.2) is 32.7 Å². The van der Waals surface area contributed by atoms with E-state index in [1.165, 1.54) is 17.3 Å². The standard InChI is InChI=1S/C8H12N2OS2/c1-6-9-10-8(11-6)4-7-5-12-2-3-13-7/h7H,2-5H2,1H3. The maximum Gasteiger partial charge on any atom is 0.217 e. The average molecular weight is 216 g/mol. The largest absolute Gasteiger partial charge is 0.426 e. The summed E-state index contributed by atoms with van der Waals surface area (Å²) in [4.78, 5) is 0. The van der Waals surface area contributed by atoms with Crippen molar-refractivity contribution in [3.63, 3.8) is 0 Å². The van der Waals surface area contributed by atoms with Crippen molar-refractivity contribution >= 4 is 23.5 Å². The van der Waals surface area contributed by atoms with Gasteiger partial charge in [0.25, 0.3) is 0 Å². The normalized spacial score (nSPS) is 23.3. The van der Waals surface area contributed by atoms with Gasteiger partial charge in [0.05, 0.1) is 0 Å².